The molecule has 0 aliphatic heterocycles. The van der Waals surface area contributed by atoms with E-state index in [0.29, 0.717) is 23.9 Å². The van der Waals surface area contributed by atoms with Gasteiger partial charge in [0.05, 0.1) is 25.7 Å². The molecule has 4 heteroatoms. The highest BCUT2D eigenvalue weighted by atomic mass is 16.5. The Morgan fingerprint density at radius 3 is 2.42 bits per heavy atom. The third-order valence-electron chi connectivity index (χ3n) is 3.67. The molecule has 0 spiro atoms. The van der Waals surface area contributed by atoms with Gasteiger partial charge in [-0.05, 0) is 25.0 Å². The van der Waals surface area contributed by atoms with Gasteiger partial charge in [0.25, 0.3) is 0 Å². The molecule has 0 saturated heterocycles. The van der Waals surface area contributed by atoms with E-state index < -0.39 is 0 Å². The molecule has 0 atom stereocenters. The molecular formula is C15H19NO3. The van der Waals surface area contributed by atoms with Crippen molar-refractivity contribution >= 4 is 0 Å². The number of hydrogen-bond acceptors (Lipinski definition) is 4. The van der Waals surface area contributed by atoms with Gasteiger partial charge in [0.1, 0.15) is 6.61 Å². The second-order valence-corrected chi connectivity index (χ2v) is 4.88. The summed E-state index contributed by atoms with van der Waals surface area (Å²) in [5.74, 6) is 1.84. The predicted octanol–water partition coefficient (Wildman–Crippen LogP) is 3.17. The van der Waals surface area contributed by atoms with Gasteiger partial charge in [-0.15, -0.1) is 0 Å². The summed E-state index contributed by atoms with van der Waals surface area (Å²) in [6, 6.07) is 7.92. The molecule has 0 bridgehead atoms. The first-order chi connectivity index (χ1) is 9.24. The van der Waals surface area contributed by atoms with Crippen molar-refractivity contribution in [2.24, 2.45) is 5.41 Å². The SMILES string of the molecule is COc1cccc(OCC2(C#N)CCCC2)c1OC. The number of rotatable bonds is 5. The van der Waals surface area contributed by atoms with Crippen molar-refractivity contribution in [3.8, 4) is 23.3 Å². The fourth-order valence-corrected chi connectivity index (χ4v) is 2.53. The number of para-hydroxylation sites is 1. The van der Waals surface area contributed by atoms with Gasteiger partial charge in [-0.2, -0.15) is 5.26 Å². The van der Waals surface area contributed by atoms with Crippen LogP contribution in [-0.4, -0.2) is 20.8 Å². The molecule has 1 aromatic carbocycles. The van der Waals surface area contributed by atoms with Crippen LogP contribution < -0.4 is 14.2 Å². The Balaban J connectivity index is 2.13. The topological polar surface area (TPSA) is 51.5 Å². The summed E-state index contributed by atoms with van der Waals surface area (Å²) >= 11 is 0. The number of hydrogen-bond donors (Lipinski definition) is 0. The van der Waals surface area contributed by atoms with Gasteiger partial charge in [0.15, 0.2) is 11.5 Å². The molecule has 0 heterocycles. The van der Waals surface area contributed by atoms with Gasteiger partial charge < -0.3 is 14.2 Å². The maximum Gasteiger partial charge on any atom is 0.203 e. The Morgan fingerprint density at radius 1 is 1.16 bits per heavy atom. The van der Waals surface area contributed by atoms with Crippen LogP contribution in [0.4, 0.5) is 0 Å². The van der Waals surface area contributed by atoms with Crippen LogP contribution in [0.25, 0.3) is 0 Å². The van der Waals surface area contributed by atoms with E-state index in [1.165, 1.54) is 0 Å². The molecule has 0 N–H and O–H groups in total. The summed E-state index contributed by atoms with van der Waals surface area (Å²) < 4.78 is 16.4. The molecule has 0 radical (unpaired) electrons. The standard InChI is InChI=1S/C15H19NO3/c1-17-12-6-5-7-13(14(12)18-2)19-11-15(10-16)8-3-4-9-15/h5-7H,3-4,8-9,11H2,1-2H3. The lowest BCUT2D eigenvalue weighted by molar-refractivity contribution is 0.192. The molecule has 0 amide bonds. The fourth-order valence-electron chi connectivity index (χ4n) is 2.53. The predicted molar refractivity (Wildman–Crippen MR) is 71.6 cm³/mol. The lowest BCUT2D eigenvalue weighted by Crippen LogP contribution is -2.23. The second-order valence-electron chi connectivity index (χ2n) is 4.88. The van der Waals surface area contributed by atoms with Crippen molar-refractivity contribution in [3.05, 3.63) is 18.2 Å². The second kappa shape index (κ2) is 5.83. The average molecular weight is 261 g/mol. The first-order valence-corrected chi connectivity index (χ1v) is 6.50. The number of methoxy groups -OCH3 is 2. The highest BCUT2D eigenvalue weighted by molar-refractivity contribution is 5.51. The van der Waals surface area contributed by atoms with Gasteiger partial charge >= 0.3 is 0 Å². The first-order valence-electron chi connectivity index (χ1n) is 6.50. The van der Waals surface area contributed by atoms with Gasteiger partial charge in [-0.3, -0.25) is 0 Å². The summed E-state index contributed by atoms with van der Waals surface area (Å²) in [5, 5.41) is 9.34. The number of benzene rings is 1. The summed E-state index contributed by atoms with van der Waals surface area (Å²) in [4.78, 5) is 0. The molecule has 102 valence electrons. The molecule has 19 heavy (non-hydrogen) atoms. The van der Waals surface area contributed by atoms with Crippen molar-refractivity contribution < 1.29 is 14.2 Å². The lowest BCUT2D eigenvalue weighted by Gasteiger charge is -2.21. The molecule has 4 nitrogen and oxygen atoms in total. The minimum atomic E-state index is -0.339. The number of ether oxygens (including phenoxy) is 3. The third kappa shape index (κ3) is 2.76. The van der Waals surface area contributed by atoms with Crippen LogP contribution in [0.2, 0.25) is 0 Å². The van der Waals surface area contributed by atoms with E-state index in [9.17, 15) is 5.26 Å². The van der Waals surface area contributed by atoms with Crippen LogP contribution in [0.3, 0.4) is 0 Å². The summed E-state index contributed by atoms with van der Waals surface area (Å²) in [6.07, 6.45) is 4.03. The zero-order chi connectivity index (χ0) is 13.7. The van der Waals surface area contributed by atoms with Crippen LogP contribution in [0.15, 0.2) is 18.2 Å². The molecule has 1 aromatic rings. The van der Waals surface area contributed by atoms with Gasteiger partial charge in [-0.25, -0.2) is 0 Å². The Labute approximate surface area is 113 Å². The van der Waals surface area contributed by atoms with Crippen molar-refractivity contribution in [3.63, 3.8) is 0 Å². The van der Waals surface area contributed by atoms with Crippen molar-refractivity contribution in [1.82, 2.24) is 0 Å². The van der Waals surface area contributed by atoms with E-state index in [1.54, 1.807) is 14.2 Å². The van der Waals surface area contributed by atoms with Crippen LogP contribution in [-0.2, 0) is 0 Å². The number of nitriles is 1. The normalized spacial score (nSPS) is 16.7. The Hall–Kier alpha value is -1.89. The average Bonchev–Trinajstić information content (AvgIpc) is 2.94. The quantitative estimate of drug-likeness (QED) is 0.817. The zero-order valence-electron chi connectivity index (χ0n) is 11.4. The molecule has 0 unspecified atom stereocenters. The summed E-state index contributed by atoms with van der Waals surface area (Å²) in [5.41, 5.74) is -0.339. The van der Waals surface area contributed by atoms with Gasteiger partial charge in [-0.1, -0.05) is 18.9 Å². The molecular weight excluding hydrogens is 242 g/mol. The lowest BCUT2D eigenvalue weighted by atomic mass is 9.89. The minimum absolute atomic E-state index is 0.339. The maximum atomic E-state index is 9.34. The summed E-state index contributed by atoms with van der Waals surface area (Å²) in [6.45, 7) is 0.410. The third-order valence-corrected chi connectivity index (χ3v) is 3.67. The van der Waals surface area contributed by atoms with E-state index in [2.05, 4.69) is 6.07 Å². The van der Waals surface area contributed by atoms with Crippen LogP contribution in [0, 0.1) is 16.7 Å². The molecule has 1 aliphatic rings. The first kappa shape index (κ1) is 13.5. The molecule has 2 rings (SSSR count). The van der Waals surface area contributed by atoms with E-state index in [0.717, 1.165) is 25.7 Å². The van der Waals surface area contributed by atoms with Crippen molar-refractivity contribution in [1.29, 1.82) is 5.26 Å². The number of nitrogens with zero attached hydrogens (tertiary/aromatic N) is 1. The van der Waals surface area contributed by atoms with E-state index in [1.807, 2.05) is 18.2 Å². The zero-order valence-corrected chi connectivity index (χ0v) is 11.4. The van der Waals surface area contributed by atoms with Gasteiger partial charge in [0.2, 0.25) is 5.75 Å². The van der Waals surface area contributed by atoms with Crippen LogP contribution >= 0.6 is 0 Å². The van der Waals surface area contributed by atoms with E-state index in [4.69, 9.17) is 14.2 Å². The molecule has 0 aromatic heterocycles. The van der Waals surface area contributed by atoms with Crippen LogP contribution in [0.5, 0.6) is 17.2 Å². The highest BCUT2D eigenvalue weighted by Crippen LogP contribution is 2.41. The molecule has 1 saturated carbocycles. The van der Waals surface area contributed by atoms with E-state index >= 15 is 0 Å². The van der Waals surface area contributed by atoms with E-state index in [-0.39, 0.29) is 5.41 Å². The monoisotopic (exact) mass is 261 g/mol. The smallest absolute Gasteiger partial charge is 0.203 e. The highest BCUT2D eigenvalue weighted by Gasteiger charge is 2.35. The maximum absolute atomic E-state index is 9.34. The van der Waals surface area contributed by atoms with Crippen LogP contribution in [0.1, 0.15) is 25.7 Å². The minimum Gasteiger partial charge on any atom is -0.493 e. The molecule has 1 fully saturated rings. The summed E-state index contributed by atoms with van der Waals surface area (Å²) in [7, 11) is 3.18. The Morgan fingerprint density at radius 2 is 1.84 bits per heavy atom. The fraction of sp³-hybridized carbons (Fsp3) is 0.533. The van der Waals surface area contributed by atoms with Crippen molar-refractivity contribution in [2.45, 2.75) is 25.7 Å². The van der Waals surface area contributed by atoms with Crippen molar-refractivity contribution in [2.75, 3.05) is 20.8 Å². The Bertz CT molecular complexity index is 473. The largest absolute Gasteiger partial charge is 0.493 e. The van der Waals surface area contributed by atoms with Gasteiger partial charge in [0, 0.05) is 0 Å². The molecule has 1 aliphatic carbocycles. The Kier molecular flexibility index (Phi) is 4.16.